The monoisotopic (exact) mass is 974 g/mol. The molecule has 0 radical (unpaired) electrons. The molecule has 0 aliphatic rings. The minimum atomic E-state index is -0.849. The highest BCUT2D eigenvalue weighted by molar-refractivity contribution is 5.76. The Kier molecular flexibility index (Phi) is 58.0. The van der Waals surface area contributed by atoms with Crippen LogP contribution in [-0.4, -0.2) is 47.4 Å². The van der Waals surface area contributed by atoms with E-state index in [4.69, 9.17) is 4.74 Å². The third-order valence-electron chi connectivity index (χ3n) is 14.8. The van der Waals surface area contributed by atoms with E-state index in [1.165, 1.54) is 283 Å². The smallest absolute Gasteiger partial charge is 0.305 e. The van der Waals surface area contributed by atoms with Crippen molar-refractivity contribution in [2.24, 2.45) is 0 Å². The predicted molar refractivity (Wildman–Crippen MR) is 301 cm³/mol. The first-order valence-corrected chi connectivity index (χ1v) is 31.5. The van der Waals surface area contributed by atoms with E-state index in [0.29, 0.717) is 19.4 Å². The maximum atomic E-state index is 12.5. The normalized spacial score (nSPS) is 12.6. The second kappa shape index (κ2) is 59.2. The second-order valence-electron chi connectivity index (χ2n) is 21.8. The number of allylic oxidation sites excluding steroid dienone is 1. The number of rotatable bonds is 59. The van der Waals surface area contributed by atoms with Crippen LogP contribution in [-0.2, 0) is 14.3 Å². The Morgan fingerprint density at radius 1 is 0.391 bits per heavy atom. The molecule has 2 atom stereocenters. The van der Waals surface area contributed by atoms with Gasteiger partial charge in [-0.15, -0.1) is 0 Å². The number of carbonyl (C=O) groups is 2. The lowest BCUT2D eigenvalue weighted by Crippen LogP contribution is -2.45. The van der Waals surface area contributed by atoms with Crippen molar-refractivity contribution >= 4 is 11.9 Å². The SMILES string of the molecule is CCCCCCCCCCCCCCCCCCCCCCCC/C=C/C(O)C(CO)NC(=O)CCCCCCCCCCCCCCCCCCOC(=O)CCCCCCCCCCCCCC. The van der Waals surface area contributed by atoms with Crippen LogP contribution in [0.3, 0.4) is 0 Å². The van der Waals surface area contributed by atoms with Crippen molar-refractivity contribution in [3.8, 4) is 0 Å². The summed E-state index contributed by atoms with van der Waals surface area (Å²) in [6.07, 6.45) is 71.1. The highest BCUT2D eigenvalue weighted by Gasteiger charge is 2.18. The fourth-order valence-electron chi connectivity index (χ4n) is 9.99. The van der Waals surface area contributed by atoms with Crippen molar-refractivity contribution < 1.29 is 24.5 Å². The van der Waals surface area contributed by atoms with Crippen LogP contribution in [0.25, 0.3) is 0 Å². The minimum absolute atomic E-state index is 0.00386. The van der Waals surface area contributed by atoms with Crippen molar-refractivity contribution in [2.45, 2.75) is 366 Å². The topological polar surface area (TPSA) is 95.9 Å². The number of esters is 1. The van der Waals surface area contributed by atoms with Gasteiger partial charge in [0.1, 0.15) is 0 Å². The summed E-state index contributed by atoms with van der Waals surface area (Å²) >= 11 is 0. The highest BCUT2D eigenvalue weighted by Crippen LogP contribution is 2.18. The average molecular weight is 975 g/mol. The molecular formula is C63H123NO5. The van der Waals surface area contributed by atoms with E-state index in [1.807, 2.05) is 6.08 Å². The number of aliphatic hydroxyl groups excluding tert-OH is 2. The lowest BCUT2D eigenvalue weighted by Gasteiger charge is -2.20. The van der Waals surface area contributed by atoms with Crippen LogP contribution >= 0.6 is 0 Å². The third-order valence-corrected chi connectivity index (χ3v) is 14.8. The van der Waals surface area contributed by atoms with Gasteiger partial charge in [0, 0.05) is 12.8 Å². The fourth-order valence-corrected chi connectivity index (χ4v) is 9.99. The molecule has 0 aromatic rings. The average Bonchev–Trinajstić information content (AvgIpc) is 3.35. The molecule has 0 aliphatic heterocycles. The standard InChI is InChI=1S/C63H123NO5/c1-3-5-7-9-11-13-15-17-18-19-20-21-22-23-24-25-26-29-32-35-39-43-47-51-55-61(66)60(59-65)64-62(67)56-52-48-44-40-36-33-30-27-28-31-34-38-42-46-50-54-58-69-63(68)57-53-49-45-41-37-16-14-12-10-8-6-4-2/h51,55,60-61,65-66H,3-50,52-54,56-59H2,1-2H3,(H,64,67)/b55-51+. The molecule has 0 aromatic heterocycles. The highest BCUT2D eigenvalue weighted by atomic mass is 16.5. The summed E-state index contributed by atoms with van der Waals surface area (Å²) in [5, 5.41) is 23.2. The summed E-state index contributed by atoms with van der Waals surface area (Å²) in [4.78, 5) is 24.5. The largest absolute Gasteiger partial charge is 0.466 e. The molecule has 0 heterocycles. The summed E-state index contributed by atoms with van der Waals surface area (Å²) in [6.45, 7) is 4.92. The number of carbonyl (C=O) groups excluding carboxylic acids is 2. The third kappa shape index (κ3) is 55.8. The Hall–Kier alpha value is -1.40. The van der Waals surface area contributed by atoms with Crippen LogP contribution in [0.15, 0.2) is 12.2 Å². The molecule has 0 saturated carbocycles. The lowest BCUT2D eigenvalue weighted by molar-refractivity contribution is -0.143. The number of amides is 1. The Morgan fingerprint density at radius 3 is 0.986 bits per heavy atom. The summed E-state index contributed by atoms with van der Waals surface area (Å²) in [6, 6.07) is -0.633. The van der Waals surface area contributed by atoms with E-state index in [1.54, 1.807) is 6.08 Å². The van der Waals surface area contributed by atoms with Crippen LogP contribution in [0.5, 0.6) is 0 Å². The molecule has 0 saturated heterocycles. The van der Waals surface area contributed by atoms with E-state index in [9.17, 15) is 19.8 Å². The van der Waals surface area contributed by atoms with Gasteiger partial charge in [-0.1, -0.05) is 321 Å². The first-order valence-electron chi connectivity index (χ1n) is 31.5. The zero-order chi connectivity index (χ0) is 50.0. The van der Waals surface area contributed by atoms with Gasteiger partial charge in [0.2, 0.25) is 5.91 Å². The molecule has 2 unspecified atom stereocenters. The molecule has 410 valence electrons. The number of hydrogen-bond acceptors (Lipinski definition) is 5. The van der Waals surface area contributed by atoms with Crippen LogP contribution in [0.4, 0.5) is 0 Å². The number of ether oxygens (including phenoxy) is 1. The molecule has 3 N–H and O–H groups in total. The Morgan fingerprint density at radius 2 is 0.667 bits per heavy atom. The number of unbranched alkanes of at least 4 members (excludes halogenated alkanes) is 48. The van der Waals surface area contributed by atoms with E-state index < -0.39 is 12.1 Å². The molecule has 0 fully saturated rings. The molecule has 6 nitrogen and oxygen atoms in total. The van der Waals surface area contributed by atoms with Gasteiger partial charge in [0.15, 0.2) is 0 Å². The minimum Gasteiger partial charge on any atom is -0.466 e. The summed E-state index contributed by atoms with van der Waals surface area (Å²) in [5.74, 6) is -0.0665. The zero-order valence-electron chi connectivity index (χ0n) is 46.8. The second-order valence-corrected chi connectivity index (χ2v) is 21.8. The molecule has 0 aromatic carbocycles. The first-order chi connectivity index (χ1) is 34.0. The van der Waals surface area contributed by atoms with E-state index in [2.05, 4.69) is 19.2 Å². The fraction of sp³-hybridized carbons (Fsp3) is 0.937. The lowest BCUT2D eigenvalue weighted by atomic mass is 10.0. The van der Waals surface area contributed by atoms with Gasteiger partial charge < -0.3 is 20.3 Å². The van der Waals surface area contributed by atoms with Gasteiger partial charge in [-0.3, -0.25) is 9.59 Å². The van der Waals surface area contributed by atoms with Crippen LogP contribution in [0.1, 0.15) is 354 Å². The van der Waals surface area contributed by atoms with E-state index >= 15 is 0 Å². The van der Waals surface area contributed by atoms with Crippen molar-refractivity contribution in [1.29, 1.82) is 0 Å². The molecule has 0 rings (SSSR count). The summed E-state index contributed by atoms with van der Waals surface area (Å²) < 4.78 is 5.47. The van der Waals surface area contributed by atoms with Gasteiger partial charge in [0.05, 0.1) is 25.4 Å². The quantitative estimate of drug-likeness (QED) is 0.0321. The molecule has 0 aliphatic carbocycles. The van der Waals surface area contributed by atoms with Gasteiger partial charge in [0.25, 0.3) is 0 Å². The van der Waals surface area contributed by atoms with Gasteiger partial charge in [-0.05, 0) is 32.1 Å². The predicted octanol–water partition coefficient (Wildman–Crippen LogP) is 19.6. The van der Waals surface area contributed by atoms with Gasteiger partial charge in [-0.2, -0.15) is 0 Å². The van der Waals surface area contributed by atoms with Gasteiger partial charge in [-0.25, -0.2) is 0 Å². The molecule has 69 heavy (non-hydrogen) atoms. The number of nitrogens with one attached hydrogen (secondary N) is 1. The van der Waals surface area contributed by atoms with Gasteiger partial charge >= 0.3 is 5.97 Å². The van der Waals surface area contributed by atoms with Crippen molar-refractivity contribution in [1.82, 2.24) is 5.32 Å². The molecule has 0 bridgehead atoms. The van der Waals surface area contributed by atoms with Crippen LogP contribution < -0.4 is 5.32 Å². The molecule has 6 heteroatoms. The van der Waals surface area contributed by atoms with Crippen molar-refractivity contribution in [3.63, 3.8) is 0 Å². The Bertz CT molecular complexity index is 1030. The molecule has 0 spiro atoms. The summed E-state index contributed by atoms with van der Waals surface area (Å²) in [7, 11) is 0. The number of hydrogen-bond donors (Lipinski definition) is 3. The van der Waals surface area contributed by atoms with E-state index in [-0.39, 0.29) is 18.5 Å². The Balaban J connectivity index is 3.45. The molecular weight excluding hydrogens is 851 g/mol. The molecule has 1 amide bonds. The van der Waals surface area contributed by atoms with Crippen LogP contribution in [0.2, 0.25) is 0 Å². The Labute approximate surface area is 431 Å². The zero-order valence-corrected chi connectivity index (χ0v) is 46.8. The summed E-state index contributed by atoms with van der Waals surface area (Å²) in [5.41, 5.74) is 0. The maximum Gasteiger partial charge on any atom is 0.305 e. The first kappa shape index (κ1) is 67.6. The van der Waals surface area contributed by atoms with E-state index in [0.717, 1.165) is 44.9 Å². The maximum absolute atomic E-state index is 12.5. The van der Waals surface area contributed by atoms with Crippen molar-refractivity contribution in [2.75, 3.05) is 13.2 Å². The number of aliphatic hydroxyl groups is 2. The van der Waals surface area contributed by atoms with Crippen LogP contribution in [0, 0.1) is 0 Å². The van der Waals surface area contributed by atoms with Crippen molar-refractivity contribution in [3.05, 3.63) is 12.2 Å².